The van der Waals surface area contributed by atoms with Crippen molar-refractivity contribution < 1.29 is 4.42 Å². The second-order valence-electron chi connectivity index (χ2n) is 4.42. The van der Waals surface area contributed by atoms with Crippen LogP contribution in [0.4, 0.5) is 0 Å². The average molecular weight is 238 g/mol. The van der Waals surface area contributed by atoms with Gasteiger partial charge in [-0.05, 0) is 44.6 Å². The molecule has 0 saturated heterocycles. The number of hydrogen-bond donors (Lipinski definition) is 1. The third kappa shape index (κ3) is 5.37. The van der Waals surface area contributed by atoms with E-state index in [0.717, 1.165) is 44.2 Å². The summed E-state index contributed by atoms with van der Waals surface area (Å²) in [4.78, 5) is 2.45. The molecule has 0 amide bonds. The van der Waals surface area contributed by atoms with E-state index < -0.39 is 0 Å². The number of hydrogen-bond acceptors (Lipinski definition) is 3. The first-order chi connectivity index (χ1) is 8.30. The molecule has 0 saturated carbocycles. The molecule has 0 fully saturated rings. The van der Waals surface area contributed by atoms with Crippen LogP contribution >= 0.6 is 0 Å². The summed E-state index contributed by atoms with van der Waals surface area (Å²) in [5.74, 6) is 2.12. The van der Waals surface area contributed by atoms with E-state index in [-0.39, 0.29) is 0 Å². The zero-order valence-electron chi connectivity index (χ0n) is 11.5. The van der Waals surface area contributed by atoms with Crippen molar-refractivity contribution in [3.8, 4) is 0 Å². The largest absolute Gasteiger partial charge is 0.463 e. The van der Waals surface area contributed by atoms with Crippen molar-refractivity contribution in [1.29, 1.82) is 0 Å². The van der Waals surface area contributed by atoms with Gasteiger partial charge >= 0.3 is 0 Å². The van der Waals surface area contributed by atoms with Gasteiger partial charge in [-0.1, -0.05) is 20.8 Å². The van der Waals surface area contributed by atoms with Crippen LogP contribution in [0.2, 0.25) is 0 Å². The van der Waals surface area contributed by atoms with Crippen LogP contribution in [0.5, 0.6) is 0 Å². The van der Waals surface area contributed by atoms with Gasteiger partial charge in [0.1, 0.15) is 11.5 Å². The normalized spacial score (nSPS) is 11.3. The van der Waals surface area contributed by atoms with Gasteiger partial charge in [-0.2, -0.15) is 0 Å². The van der Waals surface area contributed by atoms with E-state index in [1.165, 1.54) is 12.8 Å². The minimum Gasteiger partial charge on any atom is -0.463 e. The minimum absolute atomic E-state index is 0.831. The molecule has 17 heavy (non-hydrogen) atoms. The molecular formula is C14H26N2O. The Kier molecular flexibility index (Phi) is 6.97. The molecule has 98 valence electrons. The zero-order chi connectivity index (χ0) is 12.5. The highest BCUT2D eigenvalue weighted by molar-refractivity contribution is 5.07. The van der Waals surface area contributed by atoms with Crippen molar-refractivity contribution in [2.75, 3.05) is 19.6 Å². The van der Waals surface area contributed by atoms with E-state index in [2.05, 4.69) is 43.1 Å². The lowest BCUT2D eigenvalue weighted by atomic mass is 10.3. The fraction of sp³-hybridized carbons (Fsp3) is 0.714. The molecule has 3 heteroatoms. The molecular weight excluding hydrogens is 212 g/mol. The summed E-state index contributed by atoms with van der Waals surface area (Å²) in [6, 6.07) is 4.18. The van der Waals surface area contributed by atoms with Crippen LogP contribution in [-0.2, 0) is 13.1 Å². The molecule has 1 aromatic heterocycles. The standard InChI is InChI=1S/C14H26N2O/c1-4-9-16(10-5-2)12-14-8-7-13(17-14)11-15-6-3/h7-8,15H,4-6,9-12H2,1-3H3. The lowest BCUT2D eigenvalue weighted by Crippen LogP contribution is -2.24. The fourth-order valence-corrected chi connectivity index (χ4v) is 1.97. The third-order valence-corrected chi connectivity index (χ3v) is 2.73. The summed E-state index contributed by atoms with van der Waals surface area (Å²) in [6.07, 6.45) is 2.40. The Morgan fingerprint density at radius 2 is 1.71 bits per heavy atom. The van der Waals surface area contributed by atoms with Crippen LogP contribution < -0.4 is 5.32 Å². The Labute approximate surface area is 105 Å². The van der Waals surface area contributed by atoms with Crippen LogP contribution in [0, 0.1) is 0 Å². The molecule has 0 bridgehead atoms. The van der Waals surface area contributed by atoms with E-state index in [1.54, 1.807) is 0 Å². The van der Waals surface area contributed by atoms with Crippen molar-refractivity contribution in [3.63, 3.8) is 0 Å². The number of furan rings is 1. The molecule has 0 aliphatic heterocycles. The van der Waals surface area contributed by atoms with Crippen LogP contribution in [0.25, 0.3) is 0 Å². The highest BCUT2D eigenvalue weighted by Crippen LogP contribution is 2.11. The first-order valence-electron chi connectivity index (χ1n) is 6.80. The third-order valence-electron chi connectivity index (χ3n) is 2.73. The number of nitrogens with one attached hydrogen (secondary N) is 1. The van der Waals surface area contributed by atoms with Crippen molar-refractivity contribution in [3.05, 3.63) is 23.7 Å². The number of nitrogens with zero attached hydrogens (tertiary/aromatic N) is 1. The van der Waals surface area contributed by atoms with Gasteiger partial charge in [0.15, 0.2) is 0 Å². The lowest BCUT2D eigenvalue weighted by molar-refractivity contribution is 0.241. The van der Waals surface area contributed by atoms with E-state index in [0.29, 0.717) is 0 Å². The Bertz CT molecular complexity index is 290. The Morgan fingerprint density at radius 3 is 2.29 bits per heavy atom. The molecule has 0 aromatic carbocycles. The highest BCUT2D eigenvalue weighted by atomic mass is 16.3. The molecule has 0 aliphatic carbocycles. The van der Waals surface area contributed by atoms with E-state index >= 15 is 0 Å². The van der Waals surface area contributed by atoms with E-state index in [1.807, 2.05) is 0 Å². The smallest absolute Gasteiger partial charge is 0.118 e. The molecule has 1 N–H and O–H groups in total. The quantitative estimate of drug-likeness (QED) is 0.717. The second kappa shape index (κ2) is 8.31. The van der Waals surface area contributed by atoms with Crippen LogP contribution in [0.15, 0.2) is 16.5 Å². The average Bonchev–Trinajstić information content (AvgIpc) is 2.75. The molecule has 0 spiro atoms. The first-order valence-corrected chi connectivity index (χ1v) is 6.80. The summed E-state index contributed by atoms with van der Waals surface area (Å²) >= 11 is 0. The van der Waals surface area contributed by atoms with E-state index in [4.69, 9.17) is 4.42 Å². The van der Waals surface area contributed by atoms with Crippen LogP contribution in [0.1, 0.15) is 45.1 Å². The molecule has 1 rings (SSSR count). The fourth-order valence-electron chi connectivity index (χ4n) is 1.97. The van der Waals surface area contributed by atoms with Crippen molar-refractivity contribution in [2.24, 2.45) is 0 Å². The molecule has 1 aromatic rings. The molecule has 0 radical (unpaired) electrons. The molecule has 0 unspecified atom stereocenters. The Balaban J connectivity index is 2.45. The van der Waals surface area contributed by atoms with Crippen LogP contribution in [0.3, 0.4) is 0 Å². The second-order valence-corrected chi connectivity index (χ2v) is 4.42. The van der Waals surface area contributed by atoms with E-state index in [9.17, 15) is 0 Å². The number of rotatable bonds is 9. The van der Waals surface area contributed by atoms with Crippen molar-refractivity contribution in [2.45, 2.75) is 46.7 Å². The summed E-state index contributed by atoms with van der Waals surface area (Å²) in [5.41, 5.74) is 0. The minimum atomic E-state index is 0.831. The van der Waals surface area contributed by atoms with Crippen molar-refractivity contribution >= 4 is 0 Å². The predicted molar refractivity (Wildman–Crippen MR) is 71.9 cm³/mol. The Hall–Kier alpha value is -0.800. The highest BCUT2D eigenvalue weighted by Gasteiger charge is 2.07. The maximum absolute atomic E-state index is 5.80. The first kappa shape index (κ1) is 14.3. The SMILES string of the molecule is CCCN(CCC)Cc1ccc(CNCC)o1. The maximum Gasteiger partial charge on any atom is 0.118 e. The Morgan fingerprint density at radius 1 is 1.06 bits per heavy atom. The summed E-state index contributed by atoms with van der Waals surface area (Å²) in [6.45, 7) is 11.6. The van der Waals surface area contributed by atoms with Gasteiger partial charge < -0.3 is 9.73 Å². The van der Waals surface area contributed by atoms with Gasteiger partial charge in [0.2, 0.25) is 0 Å². The predicted octanol–water partition coefficient (Wildman–Crippen LogP) is 3.01. The van der Waals surface area contributed by atoms with Gasteiger partial charge in [0, 0.05) is 0 Å². The van der Waals surface area contributed by atoms with Crippen molar-refractivity contribution in [1.82, 2.24) is 10.2 Å². The monoisotopic (exact) mass is 238 g/mol. The summed E-state index contributed by atoms with van der Waals surface area (Å²) in [7, 11) is 0. The zero-order valence-corrected chi connectivity index (χ0v) is 11.5. The molecule has 0 aliphatic rings. The topological polar surface area (TPSA) is 28.4 Å². The van der Waals surface area contributed by atoms with Gasteiger partial charge in [-0.25, -0.2) is 0 Å². The molecule has 1 heterocycles. The van der Waals surface area contributed by atoms with Crippen LogP contribution in [-0.4, -0.2) is 24.5 Å². The summed E-state index contributed by atoms with van der Waals surface area (Å²) in [5, 5.41) is 3.27. The lowest BCUT2D eigenvalue weighted by Gasteiger charge is -2.19. The van der Waals surface area contributed by atoms with Gasteiger partial charge in [-0.15, -0.1) is 0 Å². The van der Waals surface area contributed by atoms with Gasteiger partial charge in [0.25, 0.3) is 0 Å². The molecule has 3 nitrogen and oxygen atoms in total. The molecule has 0 atom stereocenters. The van der Waals surface area contributed by atoms with Gasteiger partial charge in [0.05, 0.1) is 13.1 Å². The summed E-state index contributed by atoms with van der Waals surface area (Å²) < 4.78 is 5.80. The van der Waals surface area contributed by atoms with Gasteiger partial charge in [-0.3, -0.25) is 4.90 Å². The maximum atomic E-state index is 5.80.